The number of allylic oxidation sites excluding steroid dienone is 3. The highest BCUT2D eigenvalue weighted by Crippen LogP contribution is 2.00. The molecule has 2 nitrogen and oxygen atoms in total. The summed E-state index contributed by atoms with van der Waals surface area (Å²) in [7, 11) is 0. The van der Waals surface area contributed by atoms with Gasteiger partial charge in [-0.3, -0.25) is 0 Å². The van der Waals surface area contributed by atoms with Crippen molar-refractivity contribution in [3.05, 3.63) is 23.4 Å². The lowest BCUT2D eigenvalue weighted by Gasteiger charge is -2.13. The third-order valence-electron chi connectivity index (χ3n) is 1.70. The minimum absolute atomic E-state index is 0.509. The lowest BCUT2D eigenvalue weighted by Crippen LogP contribution is -3.07. The number of hydrogen-bond donors (Lipinski definition) is 2. The Morgan fingerprint density at radius 1 is 1.56 bits per heavy atom. The van der Waals surface area contributed by atoms with Gasteiger partial charge in [-0.1, -0.05) is 6.08 Å². The molecule has 1 unspecified atom stereocenters. The Balaban J connectivity index is 2.83. The van der Waals surface area contributed by atoms with Gasteiger partial charge in [0.2, 0.25) is 0 Å². The van der Waals surface area contributed by atoms with Crippen molar-refractivity contribution >= 4 is 0 Å². The van der Waals surface area contributed by atoms with Gasteiger partial charge in [-0.15, -0.1) is 0 Å². The van der Waals surface area contributed by atoms with Crippen LogP contribution in [0.5, 0.6) is 0 Å². The Labute approximate surface area is 55.1 Å². The molecule has 1 aliphatic rings. The van der Waals surface area contributed by atoms with E-state index in [0.29, 0.717) is 11.6 Å². The van der Waals surface area contributed by atoms with Crippen molar-refractivity contribution in [2.75, 3.05) is 6.54 Å². The Hall–Kier alpha value is -0.600. The zero-order valence-corrected chi connectivity index (χ0v) is 5.81. The second kappa shape index (κ2) is 2.33. The van der Waals surface area contributed by atoms with Gasteiger partial charge in [0.15, 0.2) is 0 Å². The fourth-order valence-electron chi connectivity index (χ4n) is 0.853. The van der Waals surface area contributed by atoms with E-state index in [9.17, 15) is 0 Å². The second-order valence-electron chi connectivity index (χ2n) is 2.36. The molecule has 1 atom stereocenters. The summed E-state index contributed by atoms with van der Waals surface area (Å²) in [4.78, 5) is 0. The Kier molecular flexibility index (Phi) is 1.69. The van der Waals surface area contributed by atoms with E-state index < -0.39 is 0 Å². The van der Waals surface area contributed by atoms with Crippen LogP contribution in [0.2, 0.25) is 0 Å². The van der Waals surface area contributed by atoms with Crippen molar-refractivity contribution < 1.29 is 10.3 Å². The Bertz CT molecular complexity index is 170. The van der Waals surface area contributed by atoms with Crippen LogP contribution in [0.3, 0.4) is 0 Å². The summed E-state index contributed by atoms with van der Waals surface area (Å²) in [6.07, 6.45) is 4.01. The van der Waals surface area contributed by atoms with Gasteiger partial charge in [-0.2, -0.15) is 5.06 Å². The lowest BCUT2D eigenvalue weighted by atomic mass is 10.2. The molecule has 2 N–H and O–H groups in total. The molecule has 0 saturated carbocycles. The smallest absolute Gasteiger partial charge is 0.139 e. The average molecular weight is 126 g/mol. The van der Waals surface area contributed by atoms with Crippen LogP contribution in [-0.2, 0) is 0 Å². The van der Waals surface area contributed by atoms with Crippen molar-refractivity contribution in [2.45, 2.75) is 13.8 Å². The van der Waals surface area contributed by atoms with E-state index in [1.54, 1.807) is 0 Å². The monoisotopic (exact) mass is 126 g/mol. The third-order valence-corrected chi connectivity index (χ3v) is 1.70. The molecule has 0 radical (unpaired) electrons. The predicted octanol–water partition coefficient (Wildman–Crippen LogP) is 0.124. The molecule has 0 aromatic carbocycles. The van der Waals surface area contributed by atoms with Gasteiger partial charge in [0.05, 0.1) is 0 Å². The van der Waals surface area contributed by atoms with Crippen LogP contribution in [0, 0.1) is 0 Å². The SMILES string of the molecule is CC1=C(C)[NH+](O)CC=C1. The first kappa shape index (κ1) is 6.52. The molecule has 50 valence electrons. The van der Waals surface area contributed by atoms with E-state index in [-0.39, 0.29) is 0 Å². The summed E-state index contributed by atoms with van der Waals surface area (Å²) in [6, 6.07) is 0. The quantitative estimate of drug-likeness (QED) is 0.473. The van der Waals surface area contributed by atoms with E-state index in [1.807, 2.05) is 26.0 Å². The molecule has 9 heavy (non-hydrogen) atoms. The molecule has 2 heteroatoms. The van der Waals surface area contributed by atoms with Crippen molar-refractivity contribution in [3.63, 3.8) is 0 Å². The fourth-order valence-corrected chi connectivity index (χ4v) is 0.853. The molecule has 0 amide bonds. The maximum Gasteiger partial charge on any atom is 0.139 e. The van der Waals surface area contributed by atoms with Crippen LogP contribution in [0.1, 0.15) is 13.8 Å². The lowest BCUT2D eigenvalue weighted by molar-refractivity contribution is -1.05. The number of hydroxylamine groups is 2. The molecule has 1 rings (SSSR count). The zero-order valence-electron chi connectivity index (χ0n) is 5.81. The Morgan fingerprint density at radius 2 is 2.22 bits per heavy atom. The van der Waals surface area contributed by atoms with Gasteiger partial charge in [-0.25, -0.2) is 5.21 Å². The number of quaternary nitrogens is 1. The summed E-state index contributed by atoms with van der Waals surface area (Å²) in [5, 5.41) is 9.66. The molecular formula is C7H12NO+. The van der Waals surface area contributed by atoms with Crippen molar-refractivity contribution in [2.24, 2.45) is 0 Å². The number of rotatable bonds is 0. The van der Waals surface area contributed by atoms with Crippen LogP contribution >= 0.6 is 0 Å². The van der Waals surface area contributed by atoms with Crippen LogP contribution in [0.25, 0.3) is 0 Å². The summed E-state index contributed by atoms with van der Waals surface area (Å²) in [6.45, 7) is 4.64. The molecule has 0 spiro atoms. The molecule has 0 aliphatic carbocycles. The third kappa shape index (κ3) is 1.20. The molecule has 0 fully saturated rings. The van der Waals surface area contributed by atoms with Crippen molar-refractivity contribution in [1.29, 1.82) is 0 Å². The number of hydrogen-bond acceptors (Lipinski definition) is 1. The first-order valence-electron chi connectivity index (χ1n) is 3.11. The summed E-state index contributed by atoms with van der Waals surface area (Å²) in [5.74, 6) is 0. The standard InChI is InChI=1S/C7H11NO/c1-6-4-3-5-8(9)7(6)2/h3-4,9H,5H2,1-2H3/p+1. The van der Waals surface area contributed by atoms with Gasteiger partial charge in [-0.05, 0) is 13.0 Å². The van der Waals surface area contributed by atoms with Crippen LogP contribution < -0.4 is 5.06 Å². The normalized spacial score (nSPS) is 27.2. The van der Waals surface area contributed by atoms with Gasteiger partial charge in [0, 0.05) is 12.5 Å². The summed E-state index contributed by atoms with van der Waals surface area (Å²) < 4.78 is 0. The Morgan fingerprint density at radius 3 is 2.67 bits per heavy atom. The topological polar surface area (TPSA) is 24.7 Å². The minimum Gasteiger partial charge on any atom is -0.213 e. The first-order chi connectivity index (χ1) is 4.22. The van der Waals surface area contributed by atoms with Crippen molar-refractivity contribution in [3.8, 4) is 0 Å². The molecule has 0 saturated heterocycles. The number of nitrogens with one attached hydrogen (secondary N) is 1. The maximum atomic E-state index is 9.16. The summed E-state index contributed by atoms with van der Waals surface area (Å²) in [5.41, 5.74) is 2.19. The van der Waals surface area contributed by atoms with E-state index in [0.717, 1.165) is 5.70 Å². The van der Waals surface area contributed by atoms with E-state index >= 15 is 0 Å². The van der Waals surface area contributed by atoms with Crippen LogP contribution in [0.15, 0.2) is 23.4 Å². The van der Waals surface area contributed by atoms with Crippen LogP contribution in [-0.4, -0.2) is 11.8 Å². The summed E-state index contributed by atoms with van der Waals surface area (Å²) >= 11 is 0. The van der Waals surface area contributed by atoms with E-state index in [4.69, 9.17) is 5.21 Å². The molecular weight excluding hydrogens is 114 g/mol. The zero-order chi connectivity index (χ0) is 6.85. The maximum absolute atomic E-state index is 9.16. The molecule has 0 bridgehead atoms. The largest absolute Gasteiger partial charge is 0.213 e. The highest BCUT2D eigenvalue weighted by molar-refractivity contribution is 5.19. The fraction of sp³-hybridized carbons (Fsp3) is 0.429. The minimum atomic E-state index is 0.509. The molecule has 0 aromatic heterocycles. The highest BCUT2D eigenvalue weighted by atomic mass is 16.5. The van der Waals surface area contributed by atoms with Gasteiger partial charge < -0.3 is 0 Å². The van der Waals surface area contributed by atoms with Gasteiger partial charge >= 0.3 is 0 Å². The second-order valence-corrected chi connectivity index (χ2v) is 2.36. The van der Waals surface area contributed by atoms with Crippen LogP contribution in [0.4, 0.5) is 0 Å². The molecule has 1 heterocycles. The highest BCUT2D eigenvalue weighted by Gasteiger charge is 2.11. The molecule has 1 aliphatic heterocycles. The van der Waals surface area contributed by atoms with E-state index in [1.165, 1.54) is 5.57 Å². The molecule has 0 aromatic rings. The first-order valence-corrected chi connectivity index (χ1v) is 3.11. The predicted molar refractivity (Wildman–Crippen MR) is 35.1 cm³/mol. The van der Waals surface area contributed by atoms with Gasteiger partial charge in [0.1, 0.15) is 12.2 Å². The van der Waals surface area contributed by atoms with Crippen molar-refractivity contribution in [1.82, 2.24) is 0 Å². The average Bonchev–Trinajstić information content (AvgIpc) is 1.83. The van der Waals surface area contributed by atoms with E-state index in [2.05, 4.69) is 0 Å². The van der Waals surface area contributed by atoms with Gasteiger partial charge in [0.25, 0.3) is 0 Å².